The van der Waals surface area contributed by atoms with Crippen LogP contribution in [0.2, 0.25) is 0 Å². The highest BCUT2D eigenvalue weighted by molar-refractivity contribution is 7.22. The molecule has 0 spiro atoms. The second-order valence-corrected chi connectivity index (χ2v) is 7.33. The minimum atomic E-state index is -0.297. The Kier molecular flexibility index (Phi) is 4.95. The van der Waals surface area contributed by atoms with Crippen molar-refractivity contribution in [2.24, 2.45) is 0 Å². The van der Waals surface area contributed by atoms with Gasteiger partial charge in [-0.2, -0.15) is 0 Å². The smallest absolute Gasteiger partial charge is 0.276 e. The number of fused-ring (bicyclic) bond motifs is 1. The van der Waals surface area contributed by atoms with Gasteiger partial charge in [-0.05, 0) is 37.3 Å². The van der Waals surface area contributed by atoms with Gasteiger partial charge in [0.2, 0.25) is 0 Å². The summed E-state index contributed by atoms with van der Waals surface area (Å²) in [7, 11) is 0. The Morgan fingerprint density at radius 1 is 1.22 bits per heavy atom. The van der Waals surface area contributed by atoms with E-state index < -0.39 is 0 Å². The molecule has 0 aliphatic rings. The average Bonchev–Trinajstić information content (AvgIpc) is 3.29. The van der Waals surface area contributed by atoms with Crippen molar-refractivity contribution in [2.45, 2.75) is 6.92 Å². The van der Waals surface area contributed by atoms with Crippen molar-refractivity contribution in [1.82, 2.24) is 15.0 Å². The summed E-state index contributed by atoms with van der Waals surface area (Å²) in [5, 5.41) is 8.78. The standard InChI is InChI=1S/C18H15N5O2S2/c1-2-25-12-5-6-13-15(8-12)27-18(21-13)23-16(24)14-10-26-17(22-14)20-11-4-3-7-19-9-11/h3-10H,2H2,1H3,(H,20,22)(H,21,23,24). The first-order valence-corrected chi connectivity index (χ1v) is 9.88. The van der Waals surface area contributed by atoms with E-state index in [0.717, 1.165) is 21.7 Å². The van der Waals surface area contributed by atoms with Crippen molar-refractivity contribution >= 4 is 54.7 Å². The molecular formula is C18H15N5O2S2. The summed E-state index contributed by atoms with van der Waals surface area (Å²) in [5.41, 5.74) is 1.96. The molecule has 0 saturated carbocycles. The molecule has 0 radical (unpaired) electrons. The number of carbonyl (C=O) groups excluding carboxylic acids is 1. The number of thiazole rings is 2. The molecule has 3 heterocycles. The molecule has 0 fully saturated rings. The monoisotopic (exact) mass is 397 g/mol. The molecule has 3 aromatic heterocycles. The quantitative estimate of drug-likeness (QED) is 0.496. The molecule has 7 nitrogen and oxygen atoms in total. The summed E-state index contributed by atoms with van der Waals surface area (Å²) < 4.78 is 6.45. The van der Waals surface area contributed by atoms with Gasteiger partial charge in [0, 0.05) is 11.6 Å². The number of hydrogen-bond acceptors (Lipinski definition) is 8. The molecule has 4 rings (SSSR count). The minimum Gasteiger partial charge on any atom is -0.494 e. The fourth-order valence-corrected chi connectivity index (χ4v) is 3.97. The van der Waals surface area contributed by atoms with E-state index in [2.05, 4.69) is 25.6 Å². The van der Waals surface area contributed by atoms with E-state index in [1.165, 1.54) is 22.7 Å². The van der Waals surface area contributed by atoms with Crippen LogP contribution in [0.1, 0.15) is 17.4 Å². The maximum atomic E-state index is 12.5. The molecule has 0 unspecified atom stereocenters. The average molecular weight is 397 g/mol. The zero-order valence-electron chi connectivity index (χ0n) is 14.3. The fraction of sp³-hybridized carbons (Fsp3) is 0.111. The third-order valence-corrected chi connectivity index (χ3v) is 5.23. The number of nitrogens with one attached hydrogen (secondary N) is 2. The number of anilines is 3. The fourth-order valence-electron chi connectivity index (χ4n) is 2.37. The lowest BCUT2D eigenvalue weighted by Crippen LogP contribution is -2.12. The molecule has 0 aliphatic carbocycles. The number of pyridine rings is 1. The third-order valence-electron chi connectivity index (χ3n) is 3.54. The van der Waals surface area contributed by atoms with Crippen molar-refractivity contribution in [3.05, 3.63) is 53.8 Å². The Morgan fingerprint density at radius 2 is 2.15 bits per heavy atom. The molecule has 1 aromatic carbocycles. The highest BCUT2D eigenvalue weighted by atomic mass is 32.1. The van der Waals surface area contributed by atoms with Crippen LogP contribution in [-0.4, -0.2) is 27.5 Å². The number of aromatic nitrogens is 3. The van der Waals surface area contributed by atoms with Gasteiger partial charge in [-0.15, -0.1) is 11.3 Å². The number of hydrogen-bond donors (Lipinski definition) is 2. The number of amides is 1. The van der Waals surface area contributed by atoms with Crippen LogP contribution in [-0.2, 0) is 0 Å². The number of rotatable bonds is 6. The third kappa shape index (κ3) is 4.04. The Labute approximate surface area is 163 Å². The maximum absolute atomic E-state index is 12.5. The summed E-state index contributed by atoms with van der Waals surface area (Å²) in [4.78, 5) is 25.3. The van der Waals surface area contributed by atoms with Gasteiger partial charge in [-0.25, -0.2) is 9.97 Å². The van der Waals surface area contributed by atoms with Gasteiger partial charge >= 0.3 is 0 Å². The first-order chi connectivity index (χ1) is 13.2. The van der Waals surface area contributed by atoms with E-state index in [0.29, 0.717) is 22.6 Å². The maximum Gasteiger partial charge on any atom is 0.276 e. The zero-order valence-corrected chi connectivity index (χ0v) is 15.9. The Hall–Kier alpha value is -3.04. The number of benzene rings is 1. The summed E-state index contributed by atoms with van der Waals surface area (Å²) in [6.45, 7) is 2.54. The topological polar surface area (TPSA) is 89.0 Å². The largest absolute Gasteiger partial charge is 0.494 e. The molecular weight excluding hydrogens is 382 g/mol. The zero-order chi connectivity index (χ0) is 18.6. The van der Waals surface area contributed by atoms with Crippen LogP contribution >= 0.6 is 22.7 Å². The molecule has 0 bridgehead atoms. The van der Waals surface area contributed by atoms with Crippen LogP contribution in [0.4, 0.5) is 16.0 Å². The first-order valence-electron chi connectivity index (χ1n) is 8.18. The van der Waals surface area contributed by atoms with Gasteiger partial charge in [-0.3, -0.25) is 15.1 Å². The molecule has 2 N–H and O–H groups in total. The lowest BCUT2D eigenvalue weighted by molar-refractivity contribution is 0.102. The van der Waals surface area contributed by atoms with Crippen molar-refractivity contribution in [3.63, 3.8) is 0 Å². The Bertz CT molecular complexity index is 1080. The predicted octanol–water partition coefficient (Wildman–Crippen LogP) is 4.54. The van der Waals surface area contributed by atoms with E-state index in [4.69, 9.17) is 4.74 Å². The summed E-state index contributed by atoms with van der Waals surface area (Å²) in [6, 6.07) is 9.38. The van der Waals surface area contributed by atoms with E-state index >= 15 is 0 Å². The minimum absolute atomic E-state index is 0.297. The molecule has 0 atom stereocenters. The highest BCUT2D eigenvalue weighted by Crippen LogP contribution is 2.30. The van der Waals surface area contributed by atoms with E-state index in [1.807, 2.05) is 37.3 Å². The molecule has 27 heavy (non-hydrogen) atoms. The number of nitrogens with zero attached hydrogens (tertiary/aromatic N) is 3. The Morgan fingerprint density at radius 3 is 2.96 bits per heavy atom. The van der Waals surface area contributed by atoms with E-state index in [9.17, 15) is 4.79 Å². The lowest BCUT2D eigenvalue weighted by Gasteiger charge is -2.00. The van der Waals surface area contributed by atoms with Crippen molar-refractivity contribution < 1.29 is 9.53 Å². The van der Waals surface area contributed by atoms with Gasteiger partial charge in [0.1, 0.15) is 11.4 Å². The first kappa shape index (κ1) is 17.4. The molecule has 9 heteroatoms. The van der Waals surface area contributed by atoms with Gasteiger partial charge in [0.05, 0.1) is 28.7 Å². The predicted molar refractivity (Wildman–Crippen MR) is 108 cm³/mol. The number of ether oxygens (including phenoxy) is 1. The highest BCUT2D eigenvalue weighted by Gasteiger charge is 2.14. The van der Waals surface area contributed by atoms with Crippen molar-refractivity contribution in [2.75, 3.05) is 17.2 Å². The molecule has 0 aliphatic heterocycles. The summed E-state index contributed by atoms with van der Waals surface area (Å²) >= 11 is 2.75. The van der Waals surface area contributed by atoms with Gasteiger partial charge in [0.25, 0.3) is 5.91 Å². The lowest BCUT2D eigenvalue weighted by atomic mass is 10.3. The SMILES string of the molecule is CCOc1ccc2nc(NC(=O)c3csc(Nc4cccnc4)n3)sc2c1. The molecule has 136 valence electrons. The summed E-state index contributed by atoms with van der Waals surface area (Å²) in [5.74, 6) is 0.492. The van der Waals surface area contributed by atoms with Crippen LogP contribution in [0, 0.1) is 0 Å². The van der Waals surface area contributed by atoms with Crippen LogP contribution in [0.25, 0.3) is 10.2 Å². The van der Waals surface area contributed by atoms with Crippen LogP contribution in [0.5, 0.6) is 5.75 Å². The van der Waals surface area contributed by atoms with Gasteiger partial charge in [-0.1, -0.05) is 11.3 Å². The second kappa shape index (κ2) is 7.68. The van der Waals surface area contributed by atoms with E-state index in [-0.39, 0.29) is 5.91 Å². The van der Waals surface area contributed by atoms with Crippen LogP contribution in [0.15, 0.2) is 48.1 Å². The van der Waals surface area contributed by atoms with Crippen LogP contribution in [0.3, 0.4) is 0 Å². The number of carbonyl (C=O) groups is 1. The normalized spacial score (nSPS) is 10.7. The summed E-state index contributed by atoms with van der Waals surface area (Å²) in [6.07, 6.45) is 3.39. The Balaban J connectivity index is 1.46. The molecule has 1 amide bonds. The van der Waals surface area contributed by atoms with Gasteiger partial charge in [0.15, 0.2) is 10.3 Å². The van der Waals surface area contributed by atoms with Gasteiger partial charge < -0.3 is 10.1 Å². The van der Waals surface area contributed by atoms with Crippen LogP contribution < -0.4 is 15.4 Å². The van der Waals surface area contributed by atoms with E-state index in [1.54, 1.807) is 17.8 Å². The molecule has 4 aromatic rings. The molecule has 0 saturated heterocycles. The second-order valence-electron chi connectivity index (χ2n) is 5.44. The van der Waals surface area contributed by atoms with Crippen molar-refractivity contribution in [1.29, 1.82) is 0 Å². The van der Waals surface area contributed by atoms with Crippen molar-refractivity contribution in [3.8, 4) is 5.75 Å².